The number of hydrogen-bond acceptors (Lipinski definition) is 4. The molecule has 2 atom stereocenters. The van der Waals surface area contributed by atoms with E-state index in [-0.39, 0.29) is 17.1 Å². The summed E-state index contributed by atoms with van der Waals surface area (Å²) in [5.41, 5.74) is 3.10. The van der Waals surface area contributed by atoms with Gasteiger partial charge in [0.2, 0.25) is 11.8 Å². The van der Waals surface area contributed by atoms with E-state index >= 15 is 0 Å². The van der Waals surface area contributed by atoms with Crippen LogP contribution in [0.4, 0.5) is 4.39 Å². The van der Waals surface area contributed by atoms with E-state index in [4.69, 9.17) is 0 Å². The van der Waals surface area contributed by atoms with Crippen LogP contribution in [0.5, 0.6) is 0 Å². The molecule has 2 amide bonds. The summed E-state index contributed by atoms with van der Waals surface area (Å²) in [6.07, 6.45) is -0.278. The fourth-order valence-electron chi connectivity index (χ4n) is 3.19. The van der Waals surface area contributed by atoms with Crippen LogP contribution >= 0.6 is 11.8 Å². The zero-order chi connectivity index (χ0) is 16.6. The summed E-state index contributed by atoms with van der Waals surface area (Å²) >= 11 is 1.52. The van der Waals surface area contributed by atoms with Gasteiger partial charge in [0.15, 0.2) is 0 Å². The van der Waals surface area contributed by atoms with Gasteiger partial charge in [-0.05, 0) is 25.0 Å². The van der Waals surface area contributed by atoms with Crippen LogP contribution in [0.15, 0.2) is 17.0 Å². The van der Waals surface area contributed by atoms with Gasteiger partial charge in [0.25, 0.3) is 0 Å². The summed E-state index contributed by atoms with van der Waals surface area (Å²) in [5, 5.41) is 2.94. The predicted octanol–water partition coefficient (Wildman–Crippen LogP) is 2.35. The van der Waals surface area contributed by atoms with Crippen LogP contribution in [0.2, 0.25) is 0 Å². The lowest BCUT2D eigenvalue weighted by Gasteiger charge is -2.21. The fourth-order valence-corrected chi connectivity index (χ4v) is 4.46. The fraction of sp³-hybridized carbons (Fsp3) is 0.529. The molecule has 0 spiro atoms. The van der Waals surface area contributed by atoms with E-state index in [1.807, 2.05) is 19.9 Å². The van der Waals surface area contributed by atoms with Crippen molar-refractivity contribution in [2.75, 3.05) is 13.1 Å². The minimum atomic E-state index is -0.872. The Morgan fingerprint density at radius 2 is 1.91 bits per heavy atom. The van der Waals surface area contributed by atoms with E-state index < -0.39 is 6.17 Å². The highest BCUT2D eigenvalue weighted by Crippen LogP contribution is 2.35. The van der Waals surface area contributed by atoms with Gasteiger partial charge in [0.1, 0.15) is 6.17 Å². The van der Waals surface area contributed by atoms with Crippen molar-refractivity contribution in [1.82, 2.24) is 10.2 Å². The Bertz CT molecular complexity index is 634. The molecule has 0 bridgehead atoms. The van der Waals surface area contributed by atoms with Gasteiger partial charge in [-0.25, -0.2) is 4.39 Å². The number of amides is 2. The third kappa shape index (κ3) is 3.43. The van der Waals surface area contributed by atoms with Crippen molar-refractivity contribution in [3.05, 3.63) is 28.8 Å². The SMILES string of the molecule is Cc1cc(C)c(S[C@@H]2CNC[C@@H]2F)c(CN2C(=O)CCC2=O)c1. The standard InChI is InChI=1S/C17H21FN2O2S/c1-10-5-11(2)17(23-14-8-19-7-13(14)18)12(6-10)9-20-15(21)3-4-16(20)22/h5-6,13-14,19H,3-4,7-9H2,1-2H3/t13-,14+/m0/s1. The third-order valence-corrected chi connectivity index (χ3v) is 5.92. The normalized spacial score (nSPS) is 24.7. The van der Waals surface area contributed by atoms with Crippen molar-refractivity contribution < 1.29 is 14.0 Å². The van der Waals surface area contributed by atoms with E-state index in [2.05, 4.69) is 11.4 Å². The smallest absolute Gasteiger partial charge is 0.229 e. The molecule has 1 N–H and O–H groups in total. The molecule has 0 radical (unpaired) electrons. The van der Waals surface area contributed by atoms with Gasteiger partial charge in [0, 0.05) is 30.8 Å². The van der Waals surface area contributed by atoms with E-state index in [1.165, 1.54) is 16.7 Å². The molecule has 0 unspecified atom stereocenters. The van der Waals surface area contributed by atoms with E-state index in [1.54, 1.807) is 0 Å². The number of carbonyl (C=O) groups excluding carboxylic acids is 2. The van der Waals surface area contributed by atoms with E-state index in [0.717, 1.165) is 21.6 Å². The molecule has 4 nitrogen and oxygen atoms in total. The van der Waals surface area contributed by atoms with Crippen molar-refractivity contribution in [1.29, 1.82) is 0 Å². The molecule has 6 heteroatoms. The lowest BCUT2D eigenvalue weighted by atomic mass is 10.1. The summed E-state index contributed by atoms with van der Waals surface area (Å²) in [7, 11) is 0. The van der Waals surface area contributed by atoms with Crippen LogP contribution in [-0.4, -0.2) is 41.2 Å². The van der Waals surface area contributed by atoms with Crippen LogP contribution < -0.4 is 5.32 Å². The Kier molecular flexibility index (Phi) is 4.73. The molecule has 2 aliphatic rings. The predicted molar refractivity (Wildman–Crippen MR) is 88.1 cm³/mol. The molecule has 1 aromatic rings. The minimum absolute atomic E-state index is 0.115. The van der Waals surface area contributed by atoms with Crippen molar-refractivity contribution in [2.45, 2.75) is 49.6 Å². The number of carbonyl (C=O) groups is 2. The number of nitrogens with zero attached hydrogens (tertiary/aromatic N) is 1. The van der Waals surface area contributed by atoms with Gasteiger partial charge >= 0.3 is 0 Å². The summed E-state index contributed by atoms with van der Waals surface area (Å²) < 4.78 is 13.9. The topological polar surface area (TPSA) is 49.4 Å². The highest BCUT2D eigenvalue weighted by molar-refractivity contribution is 8.00. The van der Waals surface area contributed by atoms with Crippen LogP contribution in [0, 0.1) is 13.8 Å². The van der Waals surface area contributed by atoms with Crippen LogP contribution in [0.1, 0.15) is 29.5 Å². The maximum atomic E-state index is 13.9. The number of halogens is 1. The monoisotopic (exact) mass is 336 g/mol. The second-order valence-electron chi connectivity index (χ2n) is 6.27. The summed E-state index contributed by atoms with van der Waals surface area (Å²) in [6, 6.07) is 4.07. The number of alkyl halides is 1. The van der Waals surface area contributed by atoms with Gasteiger partial charge in [-0.15, -0.1) is 11.8 Å². The first-order chi connectivity index (χ1) is 11.0. The first-order valence-corrected chi connectivity index (χ1v) is 8.78. The van der Waals surface area contributed by atoms with Gasteiger partial charge in [-0.1, -0.05) is 17.7 Å². The first-order valence-electron chi connectivity index (χ1n) is 7.90. The van der Waals surface area contributed by atoms with Crippen molar-refractivity contribution in [3.8, 4) is 0 Å². The molecule has 0 aliphatic carbocycles. The molecule has 2 heterocycles. The average Bonchev–Trinajstić information content (AvgIpc) is 3.03. The molecule has 124 valence electrons. The molecule has 2 fully saturated rings. The quantitative estimate of drug-likeness (QED) is 0.858. The van der Waals surface area contributed by atoms with Crippen molar-refractivity contribution >= 4 is 23.6 Å². The molecule has 1 aromatic carbocycles. The summed E-state index contributed by atoms with van der Waals surface area (Å²) in [6.45, 7) is 5.32. The van der Waals surface area contributed by atoms with E-state index in [0.29, 0.717) is 32.5 Å². The van der Waals surface area contributed by atoms with Crippen LogP contribution in [-0.2, 0) is 16.1 Å². The molecular formula is C17H21FN2O2S. The molecule has 2 aliphatic heterocycles. The zero-order valence-electron chi connectivity index (χ0n) is 13.4. The first kappa shape index (κ1) is 16.5. The van der Waals surface area contributed by atoms with Crippen molar-refractivity contribution in [2.24, 2.45) is 0 Å². The number of likely N-dealkylation sites (tertiary alicyclic amines) is 1. The maximum Gasteiger partial charge on any atom is 0.229 e. The van der Waals surface area contributed by atoms with E-state index in [9.17, 15) is 14.0 Å². The van der Waals surface area contributed by atoms with Gasteiger partial charge in [0.05, 0.1) is 11.8 Å². The second kappa shape index (κ2) is 6.61. The number of aryl methyl sites for hydroxylation is 2. The number of imide groups is 1. The number of nitrogens with one attached hydrogen (secondary N) is 1. The van der Waals surface area contributed by atoms with Gasteiger partial charge in [-0.2, -0.15) is 0 Å². The van der Waals surface area contributed by atoms with Crippen LogP contribution in [0.25, 0.3) is 0 Å². The second-order valence-corrected chi connectivity index (χ2v) is 7.52. The minimum Gasteiger partial charge on any atom is -0.313 e. The van der Waals surface area contributed by atoms with Crippen molar-refractivity contribution in [3.63, 3.8) is 0 Å². The number of thioether (sulfide) groups is 1. The highest BCUT2D eigenvalue weighted by Gasteiger charge is 2.32. The molecule has 2 saturated heterocycles. The lowest BCUT2D eigenvalue weighted by molar-refractivity contribution is -0.139. The molecule has 0 aromatic heterocycles. The third-order valence-electron chi connectivity index (χ3n) is 4.34. The summed E-state index contributed by atoms with van der Waals surface area (Å²) in [5.74, 6) is -0.230. The molecule has 0 saturated carbocycles. The number of benzene rings is 1. The Morgan fingerprint density at radius 3 is 2.52 bits per heavy atom. The average molecular weight is 336 g/mol. The zero-order valence-corrected chi connectivity index (χ0v) is 14.2. The highest BCUT2D eigenvalue weighted by atomic mass is 32.2. The van der Waals surface area contributed by atoms with Gasteiger partial charge in [-0.3, -0.25) is 14.5 Å². The Morgan fingerprint density at radius 1 is 1.22 bits per heavy atom. The number of rotatable bonds is 4. The Hall–Kier alpha value is -1.40. The maximum absolute atomic E-state index is 13.9. The Labute approximate surface area is 139 Å². The van der Waals surface area contributed by atoms with Crippen LogP contribution in [0.3, 0.4) is 0 Å². The molecule has 3 rings (SSSR count). The lowest BCUT2D eigenvalue weighted by Crippen LogP contribution is -2.29. The molecular weight excluding hydrogens is 315 g/mol. The number of hydrogen-bond donors (Lipinski definition) is 1. The Balaban J connectivity index is 1.88. The largest absolute Gasteiger partial charge is 0.313 e. The molecule has 23 heavy (non-hydrogen) atoms. The summed E-state index contributed by atoms with van der Waals surface area (Å²) in [4.78, 5) is 26.1. The van der Waals surface area contributed by atoms with Gasteiger partial charge < -0.3 is 5.32 Å².